The molecule has 0 radical (unpaired) electrons. The van der Waals surface area contributed by atoms with E-state index in [4.69, 9.17) is 13.9 Å². The first kappa shape index (κ1) is 23.3. The molecule has 6 nitrogen and oxygen atoms in total. The van der Waals surface area contributed by atoms with Gasteiger partial charge in [-0.15, -0.1) is 0 Å². The Labute approximate surface area is 184 Å². The van der Waals surface area contributed by atoms with Gasteiger partial charge in [0.2, 0.25) is 0 Å². The van der Waals surface area contributed by atoms with Crippen LogP contribution >= 0.6 is 0 Å². The molecule has 5 atom stereocenters. The number of fused-ring (bicyclic) bond motifs is 2. The van der Waals surface area contributed by atoms with Crippen molar-refractivity contribution in [2.45, 2.75) is 79.4 Å². The number of carbonyl (C=O) groups excluding carboxylic acids is 3. The molecule has 6 heteroatoms. The van der Waals surface area contributed by atoms with E-state index >= 15 is 0 Å². The number of hydrogen-bond acceptors (Lipinski definition) is 6. The van der Waals surface area contributed by atoms with Gasteiger partial charge in [0.25, 0.3) is 0 Å². The summed E-state index contributed by atoms with van der Waals surface area (Å²) >= 11 is 0. The van der Waals surface area contributed by atoms with Crippen LogP contribution in [0.25, 0.3) is 0 Å². The summed E-state index contributed by atoms with van der Waals surface area (Å²) in [6.45, 7) is 11.3. The molecule has 1 aromatic rings. The van der Waals surface area contributed by atoms with Gasteiger partial charge in [-0.05, 0) is 51.0 Å². The Balaban J connectivity index is 2.01. The topological polar surface area (TPSA) is 82.8 Å². The van der Waals surface area contributed by atoms with Crippen LogP contribution in [0.15, 0.2) is 22.3 Å². The van der Waals surface area contributed by atoms with E-state index < -0.39 is 29.5 Å². The van der Waals surface area contributed by atoms with Gasteiger partial charge in [0.05, 0.1) is 12.2 Å². The zero-order valence-electron chi connectivity index (χ0n) is 19.4. The Hall–Kier alpha value is -2.37. The lowest BCUT2D eigenvalue weighted by molar-refractivity contribution is -0.188. The van der Waals surface area contributed by atoms with Gasteiger partial charge in [0.15, 0.2) is 0 Å². The smallest absolute Gasteiger partial charge is 0.333 e. The minimum atomic E-state index is -0.691. The van der Waals surface area contributed by atoms with Crippen molar-refractivity contribution >= 4 is 18.2 Å². The van der Waals surface area contributed by atoms with Crippen LogP contribution < -0.4 is 0 Å². The number of aryl methyl sites for hydroxylation is 1. The van der Waals surface area contributed by atoms with Crippen LogP contribution in [0.4, 0.5) is 0 Å². The largest absolute Gasteiger partial charge is 0.469 e. The summed E-state index contributed by atoms with van der Waals surface area (Å²) in [6.07, 6.45) is 5.43. The van der Waals surface area contributed by atoms with Gasteiger partial charge >= 0.3 is 11.9 Å². The van der Waals surface area contributed by atoms with Gasteiger partial charge in [-0.2, -0.15) is 0 Å². The van der Waals surface area contributed by atoms with Crippen molar-refractivity contribution < 1.29 is 28.3 Å². The van der Waals surface area contributed by atoms with E-state index in [9.17, 15) is 14.4 Å². The zero-order valence-corrected chi connectivity index (χ0v) is 19.4. The third-order valence-electron chi connectivity index (χ3n) is 7.14. The fourth-order valence-electron chi connectivity index (χ4n) is 5.21. The first-order chi connectivity index (χ1) is 14.6. The van der Waals surface area contributed by atoms with Crippen molar-refractivity contribution in [3.8, 4) is 0 Å². The maximum Gasteiger partial charge on any atom is 0.333 e. The summed E-state index contributed by atoms with van der Waals surface area (Å²) in [5, 5.41) is 0. The molecule has 1 aromatic heterocycles. The van der Waals surface area contributed by atoms with Gasteiger partial charge in [-0.1, -0.05) is 26.8 Å². The predicted molar refractivity (Wildman–Crippen MR) is 115 cm³/mol. The molecule has 0 amide bonds. The lowest BCUT2D eigenvalue weighted by Crippen LogP contribution is -2.54. The standard InChI is InChI=1S/C25H34O6/c1-7-15(4)24(28)30-19-9-8-17-11-20-22(16(5)13-29-20)23(25(17,6)18(19)12-26)31-21(27)10-14(2)3/h7,12-14,17-19,23H,8-11H2,1-6H3/b15-7-/t17-,18+,19+,23-,25+/m1/s1. The number of carbonyl (C=O) groups is 3. The fourth-order valence-corrected chi connectivity index (χ4v) is 5.21. The molecule has 0 N–H and O–H groups in total. The van der Waals surface area contributed by atoms with Crippen LogP contribution in [0.1, 0.15) is 76.9 Å². The monoisotopic (exact) mass is 430 g/mol. The van der Waals surface area contributed by atoms with E-state index in [0.29, 0.717) is 24.8 Å². The number of hydrogen-bond donors (Lipinski definition) is 0. The molecule has 3 rings (SSSR count). The van der Waals surface area contributed by atoms with E-state index in [1.807, 2.05) is 27.7 Å². The van der Waals surface area contributed by atoms with Crippen molar-refractivity contribution in [1.29, 1.82) is 0 Å². The van der Waals surface area contributed by atoms with Crippen molar-refractivity contribution in [2.24, 2.45) is 23.2 Å². The quantitative estimate of drug-likeness (QED) is 0.363. The van der Waals surface area contributed by atoms with Gasteiger partial charge in [0, 0.05) is 29.4 Å². The second-order valence-electron chi connectivity index (χ2n) is 9.65. The Morgan fingerprint density at radius 1 is 1.29 bits per heavy atom. The SMILES string of the molecule is C/C=C(/C)C(=O)O[C@H]1CC[C@@H]2Cc3occ(C)c3[C@@H](OC(=O)CC(C)C)[C@]2(C)[C@H]1C=O. The van der Waals surface area contributed by atoms with Crippen LogP contribution in [0.3, 0.4) is 0 Å². The van der Waals surface area contributed by atoms with Crippen molar-refractivity contribution in [3.05, 3.63) is 34.8 Å². The molecule has 2 aliphatic carbocycles. The highest BCUT2D eigenvalue weighted by molar-refractivity contribution is 5.88. The number of aldehydes is 1. The summed E-state index contributed by atoms with van der Waals surface area (Å²) < 4.78 is 17.7. The second kappa shape index (κ2) is 9.01. The first-order valence-corrected chi connectivity index (χ1v) is 11.2. The van der Waals surface area contributed by atoms with Gasteiger partial charge < -0.3 is 18.7 Å². The molecule has 0 bridgehead atoms. The van der Waals surface area contributed by atoms with E-state index in [0.717, 1.165) is 29.6 Å². The molecule has 0 aromatic carbocycles. The van der Waals surface area contributed by atoms with Crippen LogP contribution in [-0.4, -0.2) is 24.3 Å². The number of rotatable bonds is 6. The molecule has 0 aliphatic heterocycles. The van der Waals surface area contributed by atoms with Crippen LogP contribution in [0, 0.1) is 30.1 Å². The normalized spacial score (nSPS) is 30.4. The zero-order chi connectivity index (χ0) is 22.9. The summed E-state index contributed by atoms with van der Waals surface area (Å²) in [7, 11) is 0. The maximum absolute atomic E-state index is 12.7. The number of esters is 2. The van der Waals surface area contributed by atoms with Crippen LogP contribution in [-0.2, 0) is 30.3 Å². The molecule has 2 aliphatic rings. The van der Waals surface area contributed by atoms with E-state index in [-0.39, 0.29) is 17.8 Å². The molecule has 170 valence electrons. The molecule has 1 heterocycles. The Morgan fingerprint density at radius 2 is 2.00 bits per heavy atom. The second-order valence-corrected chi connectivity index (χ2v) is 9.65. The molecule has 1 saturated carbocycles. The predicted octanol–water partition coefficient (Wildman–Crippen LogP) is 4.88. The summed E-state index contributed by atoms with van der Waals surface area (Å²) in [4.78, 5) is 37.6. The van der Waals surface area contributed by atoms with E-state index in [1.54, 1.807) is 26.2 Å². The summed E-state index contributed by atoms with van der Waals surface area (Å²) in [5.41, 5.74) is 1.58. The van der Waals surface area contributed by atoms with Gasteiger partial charge in [0.1, 0.15) is 24.3 Å². The summed E-state index contributed by atoms with van der Waals surface area (Å²) in [6, 6.07) is 0. The maximum atomic E-state index is 12.7. The Bertz CT molecular complexity index is 879. The lowest BCUT2D eigenvalue weighted by Gasteiger charge is -2.53. The highest BCUT2D eigenvalue weighted by atomic mass is 16.6. The van der Waals surface area contributed by atoms with E-state index in [2.05, 4.69) is 0 Å². The third-order valence-corrected chi connectivity index (χ3v) is 7.14. The van der Waals surface area contributed by atoms with Gasteiger partial charge in [-0.25, -0.2) is 4.79 Å². The number of allylic oxidation sites excluding steroid dienone is 1. The highest BCUT2D eigenvalue weighted by Crippen LogP contribution is 2.59. The molecule has 0 unspecified atom stereocenters. The minimum absolute atomic E-state index is 0.0790. The molecular formula is C25H34O6. The average molecular weight is 431 g/mol. The Morgan fingerprint density at radius 3 is 2.61 bits per heavy atom. The van der Waals surface area contributed by atoms with Crippen molar-refractivity contribution in [2.75, 3.05) is 0 Å². The molecular weight excluding hydrogens is 396 g/mol. The van der Waals surface area contributed by atoms with Crippen molar-refractivity contribution in [1.82, 2.24) is 0 Å². The lowest BCUT2D eigenvalue weighted by atomic mass is 9.53. The summed E-state index contributed by atoms with van der Waals surface area (Å²) in [5.74, 6) is -0.218. The fraction of sp³-hybridized carbons (Fsp3) is 0.640. The third kappa shape index (κ3) is 4.21. The van der Waals surface area contributed by atoms with Gasteiger partial charge in [-0.3, -0.25) is 4.79 Å². The number of ether oxygens (including phenoxy) is 2. The first-order valence-electron chi connectivity index (χ1n) is 11.2. The highest BCUT2D eigenvalue weighted by Gasteiger charge is 2.59. The average Bonchev–Trinajstić information content (AvgIpc) is 3.07. The van der Waals surface area contributed by atoms with E-state index in [1.165, 1.54) is 0 Å². The number of furan rings is 1. The van der Waals surface area contributed by atoms with Crippen LogP contribution in [0.2, 0.25) is 0 Å². The molecule has 0 spiro atoms. The Kier molecular flexibility index (Phi) is 6.77. The van der Waals surface area contributed by atoms with Crippen molar-refractivity contribution in [3.63, 3.8) is 0 Å². The van der Waals surface area contributed by atoms with Crippen LogP contribution in [0.5, 0.6) is 0 Å². The molecule has 1 fully saturated rings. The molecule has 31 heavy (non-hydrogen) atoms. The minimum Gasteiger partial charge on any atom is -0.469 e. The molecule has 0 saturated heterocycles.